The largest absolute Gasteiger partial charge is 0.390 e. The van der Waals surface area contributed by atoms with Crippen molar-refractivity contribution in [3.05, 3.63) is 0 Å². The highest BCUT2D eigenvalue weighted by Gasteiger charge is 2.71. The predicted octanol–water partition coefficient (Wildman–Crippen LogP) is 2.00. The summed E-state index contributed by atoms with van der Waals surface area (Å²) >= 11 is 0. The van der Waals surface area contributed by atoms with Gasteiger partial charge in [-0.15, -0.1) is 0 Å². The predicted molar refractivity (Wildman–Crippen MR) is 78.5 cm³/mol. The molecule has 1 aliphatic carbocycles. The minimum Gasteiger partial charge on any atom is -0.390 e. The number of hydrogen-bond donors (Lipinski definition) is 2. The van der Waals surface area contributed by atoms with Crippen LogP contribution in [0.1, 0.15) is 53.4 Å². The van der Waals surface area contributed by atoms with Crippen LogP contribution in [-0.4, -0.2) is 40.1 Å². The molecule has 3 unspecified atom stereocenters. The number of aliphatic hydroxyl groups is 1. The molecule has 122 valence electrons. The van der Waals surface area contributed by atoms with Gasteiger partial charge >= 0.3 is 0 Å². The second kappa shape index (κ2) is 4.22. The summed E-state index contributed by atoms with van der Waals surface area (Å²) in [5.41, 5.74) is -1.08. The zero-order chi connectivity index (χ0) is 15.8. The van der Waals surface area contributed by atoms with E-state index in [1.54, 1.807) is 6.92 Å². The fourth-order valence-electron chi connectivity index (χ4n) is 5.26. The molecule has 0 aromatic rings. The molecule has 1 saturated carbocycles. The molecule has 0 amide bonds. The van der Waals surface area contributed by atoms with E-state index in [1.807, 2.05) is 20.8 Å². The van der Waals surface area contributed by atoms with Gasteiger partial charge in [0, 0.05) is 5.92 Å². The third-order valence-corrected chi connectivity index (χ3v) is 8.37. The third-order valence-electron chi connectivity index (χ3n) is 6.72. The first kappa shape index (κ1) is 15.7. The van der Waals surface area contributed by atoms with Gasteiger partial charge in [0.05, 0.1) is 17.3 Å². The average Bonchev–Trinajstić information content (AvgIpc) is 2.86. The number of fused-ring (bicyclic) bond motifs is 4. The molecule has 2 aliphatic heterocycles. The molecule has 3 aliphatic rings. The molecule has 21 heavy (non-hydrogen) atoms. The summed E-state index contributed by atoms with van der Waals surface area (Å²) < 4.78 is 38.8. The van der Waals surface area contributed by atoms with Gasteiger partial charge in [0.25, 0.3) is 10.1 Å². The van der Waals surface area contributed by atoms with E-state index in [9.17, 15) is 18.1 Å². The normalized spacial score (nSPS) is 53.2. The van der Waals surface area contributed by atoms with Crippen molar-refractivity contribution in [1.29, 1.82) is 0 Å². The molecule has 2 heterocycles. The van der Waals surface area contributed by atoms with E-state index in [4.69, 9.17) is 4.74 Å². The second-order valence-electron chi connectivity index (χ2n) is 7.93. The SMILES string of the molecule is CC(C)[C@@]12CC[C@@](C)(O1)C1CC[C@@](C)(S(=O)(=O)O)C1C2O. The van der Waals surface area contributed by atoms with Gasteiger partial charge in [0.15, 0.2) is 0 Å². The molecular formula is C15H26O5S. The molecule has 2 bridgehead atoms. The smallest absolute Gasteiger partial charge is 0.270 e. The lowest BCUT2D eigenvalue weighted by molar-refractivity contribution is -0.249. The first-order valence-electron chi connectivity index (χ1n) is 7.83. The van der Waals surface area contributed by atoms with Crippen LogP contribution in [-0.2, 0) is 14.9 Å². The topological polar surface area (TPSA) is 83.8 Å². The van der Waals surface area contributed by atoms with Crippen LogP contribution < -0.4 is 0 Å². The average molecular weight is 318 g/mol. The van der Waals surface area contributed by atoms with Crippen molar-refractivity contribution in [2.75, 3.05) is 0 Å². The van der Waals surface area contributed by atoms with Gasteiger partial charge < -0.3 is 9.84 Å². The van der Waals surface area contributed by atoms with E-state index in [0.29, 0.717) is 12.8 Å². The van der Waals surface area contributed by atoms with E-state index in [-0.39, 0.29) is 11.8 Å². The summed E-state index contributed by atoms with van der Waals surface area (Å²) in [6.45, 7) is 7.64. The monoisotopic (exact) mass is 318 g/mol. The summed E-state index contributed by atoms with van der Waals surface area (Å²) in [5.74, 6) is -0.383. The van der Waals surface area contributed by atoms with Crippen LogP contribution in [0.25, 0.3) is 0 Å². The summed E-state index contributed by atoms with van der Waals surface area (Å²) in [4.78, 5) is 0. The first-order valence-corrected chi connectivity index (χ1v) is 9.27. The quantitative estimate of drug-likeness (QED) is 0.761. The molecule has 2 N–H and O–H groups in total. The van der Waals surface area contributed by atoms with Gasteiger partial charge in [-0.05, 0) is 51.4 Å². The lowest BCUT2D eigenvalue weighted by atomic mass is 9.69. The number of aliphatic hydroxyl groups excluding tert-OH is 1. The third kappa shape index (κ3) is 1.76. The Kier molecular flexibility index (Phi) is 3.16. The zero-order valence-corrected chi connectivity index (χ0v) is 14.0. The Morgan fingerprint density at radius 3 is 2.33 bits per heavy atom. The fraction of sp³-hybridized carbons (Fsp3) is 1.00. The summed E-state index contributed by atoms with van der Waals surface area (Å²) in [5, 5.41) is 11.0. The Labute approximate surface area is 126 Å². The molecule has 0 spiro atoms. The Hall–Kier alpha value is -0.170. The lowest BCUT2D eigenvalue weighted by Crippen LogP contribution is -2.64. The first-order chi connectivity index (χ1) is 9.48. The maximum absolute atomic E-state index is 12.0. The van der Waals surface area contributed by atoms with Crippen LogP contribution in [0.15, 0.2) is 0 Å². The maximum Gasteiger partial charge on any atom is 0.270 e. The molecule has 0 aromatic heterocycles. The second-order valence-corrected chi connectivity index (χ2v) is 9.81. The minimum atomic E-state index is -4.22. The number of rotatable bonds is 2. The molecule has 6 atom stereocenters. The van der Waals surface area contributed by atoms with Gasteiger partial charge in [0.1, 0.15) is 4.75 Å². The van der Waals surface area contributed by atoms with Gasteiger partial charge in [-0.1, -0.05) is 13.8 Å². The fourth-order valence-corrected chi connectivity index (χ4v) is 6.27. The van der Waals surface area contributed by atoms with Crippen LogP contribution in [0.3, 0.4) is 0 Å². The van der Waals surface area contributed by atoms with Crippen molar-refractivity contribution >= 4 is 10.1 Å². The van der Waals surface area contributed by atoms with Gasteiger partial charge in [-0.25, -0.2) is 0 Å². The van der Waals surface area contributed by atoms with Crippen LogP contribution in [0.4, 0.5) is 0 Å². The van der Waals surface area contributed by atoms with Crippen LogP contribution in [0.5, 0.6) is 0 Å². The summed E-state index contributed by atoms with van der Waals surface area (Å²) in [7, 11) is -4.22. The van der Waals surface area contributed by atoms with Gasteiger partial charge in [-0.2, -0.15) is 8.42 Å². The molecule has 5 nitrogen and oxygen atoms in total. The highest BCUT2D eigenvalue weighted by molar-refractivity contribution is 7.87. The van der Waals surface area contributed by atoms with Crippen molar-refractivity contribution in [2.24, 2.45) is 17.8 Å². The standard InChI is InChI=1S/C15H26O5S/c1-9(2)15-8-7-13(3,20-15)10-5-6-14(4,21(17,18)19)11(10)12(15)16/h9-12,16H,5-8H2,1-4H3,(H,17,18,19)/t10?,11?,12?,13-,14-,15-/m1/s1. The Morgan fingerprint density at radius 1 is 1.19 bits per heavy atom. The van der Waals surface area contributed by atoms with E-state index in [2.05, 4.69) is 0 Å². The van der Waals surface area contributed by atoms with Crippen molar-refractivity contribution in [3.63, 3.8) is 0 Å². The summed E-state index contributed by atoms with van der Waals surface area (Å²) in [6.07, 6.45) is 1.78. The number of hydrogen-bond acceptors (Lipinski definition) is 4. The number of ether oxygens (including phenoxy) is 1. The summed E-state index contributed by atoms with van der Waals surface area (Å²) in [6, 6.07) is 0. The van der Waals surface area contributed by atoms with Crippen LogP contribution in [0, 0.1) is 17.8 Å². The molecule has 0 aromatic carbocycles. The van der Waals surface area contributed by atoms with Crippen LogP contribution >= 0.6 is 0 Å². The maximum atomic E-state index is 12.0. The van der Waals surface area contributed by atoms with E-state index >= 15 is 0 Å². The van der Waals surface area contributed by atoms with E-state index < -0.39 is 38.1 Å². The Morgan fingerprint density at radius 2 is 1.81 bits per heavy atom. The Balaban J connectivity index is 2.13. The van der Waals surface area contributed by atoms with Crippen molar-refractivity contribution in [2.45, 2.75) is 75.4 Å². The minimum absolute atomic E-state index is 0.0196. The highest BCUT2D eigenvalue weighted by atomic mass is 32.2. The molecule has 6 heteroatoms. The van der Waals surface area contributed by atoms with E-state index in [1.165, 1.54) is 0 Å². The Bertz CT molecular complexity index is 558. The zero-order valence-electron chi connectivity index (χ0n) is 13.2. The molecule has 0 radical (unpaired) electrons. The molecule has 3 fully saturated rings. The van der Waals surface area contributed by atoms with Crippen LogP contribution in [0.2, 0.25) is 0 Å². The van der Waals surface area contributed by atoms with Crippen molar-refractivity contribution in [1.82, 2.24) is 0 Å². The highest BCUT2D eigenvalue weighted by Crippen LogP contribution is 2.63. The van der Waals surface area contributed by atoms with E-state index in [0.717, 1.165) is 12.8 Å². The lowest BCUT2D eigenvalue weighted by Gasteiger charge is -2.53. The van der Waals surface area contributed by atoms with Crippen molar-refractivity contribution < 1.29 is 22.8 Å². The van der Waals surface area contributed by atoms with Crippen molar-refractivity contribution in [3.8, 4) is 0 Å². The molecule has 2 saturated heterocycles. The molecular weight excluding hydrogens is 292 g/mol. The molecule has 3 rings (SSSR count). The van der Waals surface area contributed by atoms with Gasteiger partial charge in [-0.3, -0.25) is 4.55 Å². The van der Waals surface area contributed by atoms with Gasteiger partial charge in [0.2, 0.25) is 0 Å².